The summed E-state index contributed by atoms with van der Waals surface area (Å²) in [6, 6.07) is 17.8. The van der Waals surface area contributed by atoms with Crippen LogP contribution in [0.25, 0.3) is 0 Å². The molecule has 0 aliphatic heterocycles. The van der Waals surface area contributed by atoms with E-state index in [1.807, 2.05) is 0 Å². The van der Waals surface area contributed by atoms with Gasteiger partial charge in [0.05, 0.1) is 52.9 Å². The summed E-state index contributed by atoms with van der Waals surface area (Å²) < 4.78 is 50.1. The SMILES string of the molecule is C=CC(=O)OCCCc1cc2c(OCCCC)c(c1)Cc1cc(CCCOC(=O)C=C)cc(c1OCCCC)Cc1cc(CCCOC(=O)CC(C)=O)cc(c1OCCCC)Cc1cc(CCCOC(=O)C=C)cc(c1OCCCC)C2. The summed E-state index contributed by atoms with van der Waals surface area (Å²) in [4.78, 5) is 60.8. The zero-order chi connectivity index (χ0) is 59.1. The summed E-state index contributed by atoms with van der Waals surface area (Å²) in [5.74, 6) is 1.03. The normalized spacial score (nSPS) is 11.7. The van der Waals surface area contributed by atoms with Crippen LogP contribution in [0.15, 0.2) is 86.5 Å². The minimum Gasteiger partial charge on any atom is -0.493 e. The number of aryl methyl sites for hydroxylation is 4. The second-order valence-electron chi connectivity index (χ2n) is 21.1. The van der Waals surface area contributed by atoms with Gasteiger partial charge in [-0.2, -0.15) is 0 Å². The van der Waals surface area contributed by atoms with Crippen LogP contribution in [-0.2, 0) is 94.3 Å². The lowest BCUT2D eigenvalue weighted by atomic mass is 9.87. The third-order valence-electron chi connectivity index (χ3n) is 14.0. The number of rotatable bonds is 37. The second kappa shape index (κ2) is 36.3. The van der Waals surface area contributed by atoms with Crippen molar-refractivity contribution in [2.24, 2.45) is 0 Å². The van der Waals surface area contributed by atoms with E-state index in [-0.39, 0.29) is 38.6 Å². The van der Waals surface area contributed by atoms with Crippen molar-refractivity contribution in [1.82, 2.24) is 0 Å². The molecule has 82 heavy (non-hydrogen) atoms. The first-order chi connectivity index (χ1) is 39.8. The number of benzene rings is 4. The molecule has 4 aromatic carbocycles. The van der Waals surface area contributed by atoms with Gasteiger partial charge in [0.1, 0.15) is 35.2 Å². The van der Waals surface area contributed by atoms with Crippen molar-refractivity contribution < 1.29 is 61.9 Å². The first-order valence-electron chi connectivity index (χ1n) is 30.0. The topological polar surface area (TPSA) is 159 Å². The van der Waals surface area contributed by atoms with Crippen molar-refractivity contribution in [2.75, 3.05) is 52.9 Å². The Balaban J connectivity index is 1.89. The highest BCUT2D eigenvalue weighted by atomic mass is 16.5. The second-order valence-corrected chi connectivity index (χ2v) is 21.1. The molecule has 0 fully saturated rings. The summed E-state index contributed by atoms with van der Waals surface area (Å²) in [7, 11) is 0. The molecule has 5 rings (SSSR count). The number of ether oxygens (including phenoxy) is 8. The Morgan fingerprint density at radius 3 is 0.805 bits per heavy atom. The first kappa shape index (κ1) is 65.7. The van der Waals surface area contributed by atoms with Gasteiger partial charge >= 0.3 is 23.9 Å². The molecule has 0 heterocycles. The molecule has 0 atom stereocenters. The van der Waals surface area contributed by atoms with E-state index in [1.54, 1.807) is 0 Å². The Morgan fingerprint density at radius 2 is 0.598 bits per heavy atom. The molecule has 4 aromatic rings. The molecule has 0 saturated carbocycles. The molecule has 13 heteroatoms. The van der Waals surface area contributed by atoms with Gasteiger partial charge in [-0.05, 0) is 151 Å². The van der Waals surface area contributed by atoms with Gasteiger partial charge in [-0.3, -0.25) is 9.59 Å². The zero-order valence-electron chi connectivity index (χ0n) is 49.8. The van der Waals surface area contributed by atoms with Crippen LogP contribution in [0.2, 0.25) is 0 Å². The van der Waals surface area contributed by atoms with Crippen molar-refractivity contribution in [3.05, 3.63) is 153 Å². The Morgan fingerprint density at radius 1 is 0.366 bits per heavy atom. The van der Waals surface area contributed by atoms with Gasteiger partial charge < -0.3 is 37.9 Å². The lowest BCUT2D eigenvalue weighted by Crippen LogP contribution is -2.13. The Bertz CT molecular complexity index is 2630. The molecule has 0 radical (unpaired) electrons. The van der Waals surface area contributed by atoms with Crippen molar-refractivity contribution in [2.45, 2.75) is 169 Å². The molecule has 13 nitrogen and oxygen atoms in total. The molecule has 0 spiro atoms. The molecule has 1 aliphatic rings. The van der Waals surface area contributed by atoms with E-state index < -0.39 is 23.9 Å². The summed E-state index contributed by atoms with van der Waals surface area (Å²) in [5, 5.41) is 0. The lowest BCUT2D eigenvalue weighted by molar-refractivity contribution is -0.146. The fraction of sp³-hybridized carbons (Fsp3) is 0.493. The van der Waals surface area contributed by atoms with Gasteiger partial charge in [-0.15, -0.1) is 0 Å². The van der Waals surface area contributed by atoms with E-state index in [1.165, 1.54) is 25.2 Å². The van der Waals surface area contributed by atoms with Crippen LogP contribution in [0, 0.1) is 0 Å². The molecular formula is C69H90O13. The van der Waals surface area contributed by atoms with E-state index in [0.717, 1.165) is 141 Å². The number of hydrogen-bond acceptors (Lipinski definition) is 13. The Kier molecular flexibility index (Phi) is 29.1. The fourth-order valence-electron chi connectivity index (χ4n) is 10.0. The fourth-order valence-corrected chi connectivity index (χ4v) is 10.0. The van der Waals surface area contributed by atoms with Crippen LogP contribution in [-0.4, -0.2) is 82.5 Å². The van der Waals surface area contributed by atoms with Crippen LogP contribution in [0.4, 0.5) is 0 Å². The van der Waals surface area contributed by atoms with E-state index in [9.17, 15) is 24.0 Å². The summed E-state index contributed by atoms with van der Waals surface area (Å²) in [5.41, 5.74) is 12.1. The third kappa shape index (κ3) is 22.0. The van der Waals surface area contributed by atoms with E-state index in [0.29, 0.717) is 103 Å². The maximum atomic E-state index is 12.5. The summed E-state index contributed by atoms with van der Waals surface area (Å²) in [6.07, 6.45) is 17.0. The molecule has 444 valence electrons. The zero-order valence-corrected chi connectivity index (χ0v) is 49.8. The smallest absolute Gasteiger partial charge is 0.330 e. The quantitative estimate of drug-likeness (QED) is 0.0122. The number of Topliss-reactive ketones (excluding diaryl/α,β-unsaturated/α-hetero) is 1. The van der Waals surface area contributed by atoms with Gasteiger partial charge in [0.25, 0.3) is 0 Å². The number of esters is 4. The molecule has 0 N–H and O–H groups in total. The molecule has 0 aromatic heterocycles. The van der Waals surface area contributed by atoms with E-state index >= 15 is 0 Å². The monoisotopic (exact) mass is 1130 g/mol. The number of fused-ring (bicyclic) bond motifs is 8. The van der Waals surface area contributed by atoms with Crippen LogP contribution >= 0.6 is 0 Å². The van der Waals surface area contributed by atoms with Gasteiger partial charge in [0, 0.05) is 43.9 Å². The number of hydrogen-bond donors (Lipinski definition) is 0. The average molecular weight is 1130 g/mol. The molecule has 0 saturated heterocycles. The van der Waals surface area contributed by atoms with E-state index in [2.05, 4.69) is 96.0 Å². The molecule has 0 amide bonds. The number of unbranched alkanes of at least 4 members (excludes halogenated alkanes) is 4. The summed E-state index contributed by atoms with van der Waals surface area (Å²) in [6.45, 7) is 23.6. The van der Waals surface area contributed by atoms with Gasteiger partial charge in [-0.25, -0.2) is 14.4 Å². The highest BCUT2D eigenvalue weighted by molar-refractivity contribution is 5.94. The van der Waals surface area contributed by atoms with Gasteiger partial charge in [0.15, 0.2) is 0 Å². The van der Waals surface area contributed by atoms with Gasteiger partial charge in [-0.1, -0.05) is 122 Å². The maximum absolute atomic E-state index is 12.5. The molecular weight excluding hydrogens is 1040 g/mol. The lowest BCUT2D eigenvalue weighted by Gasteiger charge is -2.25. The minimum atomic E-state index is -0.536. The highest BCUT2D eigenvalue weighted by Crippen LogP contribution is 2.42. The first-order valence-corrected chi connectivity index (χ1v) is 30.0. The average Bonchev–Trinajstić information content (AvgIpc) is 3.47. The maximum Gasteiger partial charge on any atom is 0.330 e. The third-order valence-corrected chi connectivity index (χ3v) is 14.0. The predicted molar refractivity (Wildman–Crippen MR) is 322 cm³/mol. The summed E-state index contributed by atoms with van der Waals surface area (Å²) >= 11 is 0. The molecule has 0 unspecified atom stereocenters. The van der Waals surface area contributed by atoms with Gasteiger partial charge in [0.2, 0.25) is 0 Å². The largest absolute Gasteiger partial charge is 0.493 e. The van der Waals surface area contributed by atoms with Crippen molar-refractivity contribution in [1.29, 1.82) is 0 Å². The van der Waals surface area contributed by atoms with Crippen LogP contribution in [0.5, 0.6) is 23.0 Å². The standard InChI is InChI=1S/C69H90O13/c1-9-16-28-79-66-54-37-50(24-20-32-75-62(71)13-5)38-55(66)46-57-40-52(26-22-34-77-64(73)15-7)42-59(68(57)81-30-18-11-3)48-61-44-53(27-23-35-78-65(74)36-49(8)70)43-60(69(61)82-31-19-12-4)47-58-41-51(25-21-33-76-63(72)14-6)39-56(45-54)67(58)80-29-17-10-2/h13-15,37-44H,5-7,9-12,16-36,45-48H2,1-4,8H3. The van der Waals surface area contributed by atoms with Crippen LogP contribution in [0.3, 0.4) is 0 Å². The van der Waals surface area contributed by atoms with Crippen LogP contribution < -0.4 is 18.9 Å². The van der Waals surface area contributed by atoms with Crippen molar-refractivity contribution >= 4 is 29.7 Å². The van der Waals surface area contributed by atoms with Crippen molar-refractivity contribution in [3.8, 4) is 23.0 Å². The van der Waals surface area contributed by atoms with Crippen LogP contribution in [0.1, 0.15) is 185 Å². The van der Waals surface area contributed by atoms with Crippen molar-refractivity contribution in [3.63, 3.8) is 0 Å². The van der Waals surface area contributed by atoms with E-state index in [4.69, 9.17) is 37.9 Å². The highest BCUT2D eigenvalue weighted by Gasteiger charge is 2.25. The Labute approximate surface area is 488 Å². The molecule has 1 aliphatic carbocycles. The number of carbonyl (C=O) groups is 5. The predicted octanol–water partition coefficient (Wildman–Crippen LogP) is 13.5. The number of carbonyl (C=O) groups excluding carboxylic acids is 5. The molecule has 8 bridgehead atoms. The Hall–Kier alpha value is -7.15. The number of ketones is 1. The minimum absolute atomic E-state index is 0.159.